The number of thiol groups is 1. The molecule has 192 valence electrons. The van der Waals surface area contributed by atoms with Crippen LogP contribution in [0.4, 0.5) is 4.79 Å². The summed E-state index contributed by atoms with van der Waals surface area (Å²) in [5.41, 5.74) is 2.00. The van der Waals surface area contributed by atoms with Gasteiger partial charge < -0.3 is 20.3 Å². The zero-order valence-corrected chi connectivity index (χ0v) is 22.9. The Balaban J connectivity index is 3.41. The van der Waals surface area contributed by atoms with Crippen molar-refractivity contribution in [1.29, 1.82) is 0 Å². The predicted octanol–water partition coefficient (Wildman–Crippen LogP) is 4.71. The molecule has 0 aliphatic rings. The number of carbonyl (C=O) groups is 3. The molecule has 0 aliphatic carbocycles. The van der Waals surface area contributed by atoms with Crippen LogP contribution < -0.4 is 10.6 Å². The fraction of sp³-hybridized carbons (Fsp3) is 0.654. The summed E-state index contributed by atoms with van der Waals surface area (Å²) in [5.74, 6) is -0.524. The Morgan fingerprint density at radius 1 is 1.09 bits per heavy atom. The van der Waals surface area contributed by atoms with Crippen molar-refractivity contribution in [3.63, 3.8) is 0 Å². The van der Waals surface area contributed by atoms with Gasteiger partial charge in [-0.25, -0.2) is 4.79 Å². The summed E-state index contributed by atoms with van der Waals surface area (Å²) in [6, 6.07) is 4.12. The van der Waals surface area contributed by atoms with Crippen molar-refractivity contribution in [3.8, 4) is 0 Å². The van der Waals surface area contributed by atoms with Crippen LogP contribution in [0.3, 0.4) is 0 Å². The summed E-state index contributed by atoms with van der Waals surface area (Å²) in [6.07, 6.45) is 1.73. The van der Waals surface area contributed by atoms with E-state index >= 15 is 0 Å². The van der Waals surface area contributed by atoms with Gasteiger partial charge in [-0.2, -0.15) is 12.6 Å². The van der Waals surface area contributed by atoms with Crippen LogP contribution in [0.25, 0.3) is 0 Å². The Morgan fingerprint density at radius 3 is 2.26 bits per heavy atom. The van der Waals surface area contributed by atoms with Gasteiger partial charge in [0.05, 0.1) is 0 Å². The van der Waals surface area contributed by atoms with Crippen LogP contribution in [-0.4, -0.2) is 52.8 Å². The van der Waals surface area contributed by atoms with Gasteiger partial charge in [0.15, 0.2) is 0 Å². The molecule has 3 atom stereocenters. The summed E-state index contributed by atoms with van der Waals surface area (Å²) in [4.78, 5) is 41.3. The normalized spacial score (nSPS) is 14.0. The first-order chi connectivity index (χ1) is 15.8. The van der Waals surface area contributed by atoms with Crippen molar-refractivity contribution in [2.75, 3.05) is 12.3 Å². The summed E-state index contributed by atoms with van der Waals surface area (Å²) >= 11 is 4.31. The molecular weight excluding hydrogens is 450 g/mol. The van der Waals surface area contributed by atoms with Crippen LogP contribution >= 0.6 is 12.6 Å². The number of nitrogens with one attached hydrogen (secondary N) is 2. The van der Waals surface area contributed by atoms with Gasteiger partial charge in [-0.15, -0.1) is 0 Å². The van der Waals surface area contributed by atoms with Crippen molar-refractivity contribution in [3.05, 3.63) is 34.9 Å². The van der Waals surface area contributed by atoms with E-state index in [4.69, 9.17) is 4.74 Å². The number of amides is 3. The number of rotatable bonds is 11. The number of carbonyl (C=O) groups excluding carboxylic acids is 3. The topological polar surface area (TPSA) is 87.7 Å². The molecule has 0 saturated heterocycles. The van der Waals surface area contributed by atoms with Crippen LogP contribution in [-0.2, 0) is 14.3 Å². The number of alkyl carbamates (subject to hydrolysis) is 1. The first kappa shape index (κ1) is 29.8. The lowest BCUT2D eigenvalue weighted by Gasteiger charge is -2.35. The van der Waals surface area contributed by atoms with Gasteiger partial charge in [0.1, 0.15) is 17.7 Å². The average Bonchev–Trinajstić information content (AvgIpc) is 2.72. The highest BCUT2D eigenvalue weighted by molar-refractivity contribution is 7.80. The molecule has 3 unspecified atom stereocenters. The minimum Gasteiger partial charge on any atom is -0.444 e. The molecule has 0 bridgehead atoms. The third-order valence-corrected chi connectivity index (χ3v) is 5.68. The zero-order valence-electron chi connectivity index (χ0n) is 22.0. The third kappa shape index (κ3) is 9.20. The Labute approximate surface area is 210 Å². The first-order valence-corrected chi connectivity index (χ1v) is 12.8. The number of hydrogen-bond acceptors (Lipinski definition) is 5. The Morgan fingerprint density at radius 2 is 1.74 bits per heavy atom. The largest absolute Gasteiger partial charge is 0.444 e. The van der Waals surface area contributed by atoms with Crippen LogP contribution in [0, 0.1) is 13.8 Å². The highest BCUT2D eigenvalue weighted by atomic mass is 32.1. The van der Waals surface area contributed by atoms with Gasteiger partial charge in [0.2, 0.25) is 11.8 Å². The molecule has 0 heterocycles. The second-order valence-corrected chi connectivity index (χ2v) is 10.2. The Bertz CT molecular complexity index is 838. The maximum Gasteiger partial charge on any atom is 0.408 e. The number of nitrogens with zero attached hydrogens (tertiary/aromatic N) is 1. The van der Waals surface area contributed by atoms with Crippen LogP contribution in [0.2, 0.25) is 0 Å². The van der Waals surface area contributed by atoms with E-state index in [2.05, 4.69) is 30.2 Å². The van der Waals surface area contributed by atoms with E-state index in [0.29, 0.717) is 13.0 Å². The Hall–Kier alpha value is -2.22. The van der Waals surface area contributed by atoms with Crippen LogP contribution in [0.5, 0.6) is 0 Å². The van der Waals surface area contributed by atoms with Gasteiger partial charge in [-0.05, 0) is 65.5 Å². The van der Waals surface area contributed by atoms with Crippen molar-refractivity contribution in [1.82, 2.24) is 15.5 Å². The highest BCUT2D eigenvalue weighted by Gasteiger charge is 2.36. The second-order valence-electron chi connectivity index (χ2n) is 9.87. The van der Waals surface area contributed by atoms with Gasteiger partial charge in [-0.3, -0.25) is 9.59 Å². The SMILES string of the molecule is CCCC(C)NC(=O)C(c1cc(C)ccc1C)N(CCC)C(=O)C(CS)NC(=O)OC(C)(C)C. The first-order valence-electron chi connectivity index (χ1n) is 12.1. The van der Waals surface area contributed by atoms with Crippen molar-refractivity contribution in [2.24, 2.45) is 0 Å². The molecule has 0 aliphatic heterocycles. The maximum atomic E-state index is 13.7. The lowest BCUT2D eigenvalue weighted by atomic mass is 9.95. The molecule has 0 saturated carbocycles. The lowest BCUT2D eigenvalue weighted by molar-refractivity contribution is -0.142. The number of benzene rings is 1. The predicted molar refractivity (Wildman–Crippen MR) is 140 cm³/mol. The molecule has 0 radical (unpaired) electrons. The molecule has 0 aromatic heterocycles. The molecule has 1 aromatic carbocycles. The van der Waals surface area contributed by atoms with E-state index in [1.807, 2.05) is 45.9 Å². The lowest BCUT2D eigenvalue weighted by Crippen LogP contribution is -2.54. The molecule has 34 heavy (non-hydrogen) atoms. The van der Waals surface area contributed by atoms with E-state index in [9.17, 15) is 14.4 Å². The highest BCUT2D eigenvalue weighted by Crippen LogP contribution is 2.27. The van der Waals surface area contributed by atoms with Gasteiger partial charge >= 0.3 is 6.09 Å². The zero-order chi connectivity index (χ0) is 26.1. The molecule has 1 aromatic rings. The fourth-order valence-corrected chi connectivity index (χ4v) is 4.02. The van der Waals surface area contributed by atoms with Gasteiger partial charge in [-0.1, -0.05) is 44.0 Å². The number of aryl methyl sites for hydroxylation is 2. The van der Waals surface area contributed by atoms with E-state index in [0.717, 1.165) is 29.5 Å². The van der Waals surface area contributed by atoms with Crippen molar-refractivity contribution < 1.29 is 19.1 Å². The average molecular weight is 494 g/mol. The second kappa shape index (κ2) is 13.6. The number of ether oxygens (including phenoxy) is 1. The molecule has 3 amide bonds. The van der Waals surface area contributed by atoms with Gasteiger partial charge in [0.25, 0.3) is 0 Å². The molecular formula is C26H43N3O4S. The standard InChI is InChI=1S/C26H43N3O4S/c1-9-11-19(5)27-23(30)22(20-15-17(3)12-13-18(20)4)29(14-10-2)24(31)21(16-34)28-25(32)33-26(6,7)8/h12-13,15,19,21-22,34H,9-11,14,16H2,1-8H3,(H,27,30)(H,28,32). The Kier molecular flexibility index (Phi) is 11.9. The van der Waals surface area contributed by atoms with E-state index < -0.39 is 23.8 Å². The van der Waals surface area contributed by atoms with Gasteiger partial charge in [0, 0.05) is 18.3 Å². The molecule has 1 rings (SSSR count). The summed E-state index contributed by atoms with van der Waals surface area (Å²) in [5, 5.41) is 5.72. The summed E-state index contributed by atoms with van der Waals surface area (Å²) in [6.45, 7) is 15.5. The van der Waals surface area contributed by atoms with E-state index in [1.54, 1.807) is 25.7 Å². The minimum absolute atomic E-state index is 0.0238. The molecule has 8 heteroatoms. The third-order valence-electron chi connectivity index (χ3n) is 5.32. The molecule has 2 N–H and O–H groups in total. The summed E-state index contributed by atoms with van der Waals surface area (Å²) < 4.78 is 5.33. The molecule has 0 spiro atoms. The maximum absolute atomic E-state index is 13.7. The van der Waals surface area contributed by atoms with Crippen LogP contribution in [0.1, 0.15) is 83.5 Å². The van der Waals surface area contributed by atoms with E-state index in [-0.39, 0.29) is 23.6 Å². The minimum atomic E-state index is -0.932. The van der Waals surface area contributed by atoms with E-state index in [1.165, 1.54) is 0 Å². The van der Waals surface area contributed by atoms with Crippen molar-refractivity contribution in [2.45, 2.75) is 98.4 Å². The number of hydrogen-bond donors (Lipinski definition) is 3. The van der Waals surface area contributed by atoms with Crippen LogP contribution in [0.15, 0.2) is 18.2 Å². The van der Waals surface area contributed by atoms with Crippen molar-refractivity contribution >= 4 is 30.5 Å². The summed E-state index contributed by atoms with van der Waals surface area (Å²) in [7, 11) is 0. The quantitative estimate of drug-likeness (QED) is 0.390. The fourth-order valence-electron chi connectivity index (χ4n) is 3.78. The molecule has 0 fully saturated rings. The molecule has 7 nitrogen and oxygen atoms in total. The monoisotopic (exact) mass is 493 g/mol. The smallest absolute Gasteiger partial charge is 0.408 e.